The van der Waals surface area contributed by atoms with E-state index < -0.39 is 0 Å². The van der Waals surface area contributed by atoms with E-state index in [4.69, 9.17) is 0 Å². The Kier molecular flexibility index (Phi) is 4.51. The van der Waals surface area contributed by atoms with Crippen molar-refractivity contribution in [3.63, 3.8) is 0 Å². The number of rotatable bonds is 4. The van der Waals surface area contributed by atoms with Crippen molar-refractivity contribution < 1.29 is 4.79 Å². The van der Waals surface area contributed by atoms with Gasteiger partial charge in [-0.15, -0.1) is 11.3 Å². The Bertz CT molecular complexity index is 471. The van der Waals surface area contributed by atoms with Crippen LogP contribution in [0.4, 0.5) is 0 Å². The van der Waals surface area contributed by atoms with Gasteiger partial charge in [-0.05, 0) is 45.6 Å². The van der Waals surface area contributed by atoms with Crippen molar-refractivity contribution >= 4 is 17.1 Å². The van der Waals surface area contributed by atoms with E-state index in [1.54, 1.807) is 11.3 Å². The number of nitrogens with zero attached hydrogens (tertiary/aromatic N) is 2. The largest absolute Gasteiger partial charge is 0.299 e. The van der Waals surface area contributed by atoms with Crippen LogP contribution in [0, 0.1) is 12.8 Å². The Hall–Kier alpha value is -0.740. The molecule has 1 saturated heterocycles. The molecule has 1 saturated carbocycles. The smallest absolute Gasteiger partial charge is 0.137 e. The van der Waals surface area contributed by atoms with Crippen LogP contribution in [-0.2, 0) is 11.2 Å². The topological polar surface area (TPSA) is 33.2 Å². The van der Waals surface area contributed by atoms with Crippen molar-refractivity contribution in [2.45, 2.75) is 57.9 Å². The van der Waals surface area contributed by atoms with Gasteiger partial charge in [0.2, 0.25) is 0 Å². The number of ketones is 1. The summed E-state index contributed by atoms with van der Waals surface area (Å²) in [4.78, 5) is 20.4. The highest BCUT2D eigenvalue weighted by molar-refractivity contribution is 7.09. The van der Waals surface area contributed by atoms with Gasteiger partial charge in [-0.1, -0.05) is 6.42 Å². The number of hydrogen-bond donors (Lipinski definition) is 0. The van der Waals surface area contributed by atoms with Gasteiger partial charge >= 0.3 is 0 Å². The van der Waals surface area contributed by atoms with Crippen molar-refractivity contribution in [2.75, 3.05) is 13.1 Å². The Morgan fingerprint density at radius 1 is 1.35 bits per heavy atom. The molecule has 1 aromatic heterocycles. The lowest BCUT2D eigenvalue weighted by Gasteiger charge is -2.38. The molecular formula is C16H24N2OS. The first-order valence-corrected chi connectivity index (χ1v) is 8.79. The van der Waals surface area contributed by atoms with Crippen LogP contribution in [0.15, 0.2) is 5.51 Å². The van der Waals surface area contributed by atoms with Crippen LogP contribution in [0.25, 0.3) is 0 Å². The third-order valence-electron chi connectivity index (χ3n) is 4.95. The molecule has 20 heavy (non-hydrogen) atoms. The molecule has 0 radical (unpaired) electrons. The minimum absolute atomic E-state index is 0.331. The summed E-state index contributed by atoms with van der Waals surface area (Å²) in [5.74, 6) is 0.855. The number of hydrogen-bond acceptors (Lipinski definition) is 4. The van der Waals surface area contributed by atoms with Crippen molar-refractivity contribution in [2.24, 2.45) is 5.92 Å². The average Bonchev–Trinajstić information content (AvgIpc) is 3.06. The van der Waals surface area contributed by atoms with Crippen LogP contribution in [0.5, 0.6) is 0 Å². The third-order valence-corrected chi connectivity index (χ3v) is 5.95. The highest BCUT2D eigenvalue weighted by Crippen LogP contribution is 2.32. The molecule has 3 nitrogen and oxygen atoms in total. The minimum atomic E-state index is 0.331. The number of aryl methyl sites for hydroxylation is 1. The molecule has 2 atom stereocenters. The quantitative estimate of drug-likeness (QED) is 0.854. The van der Waals surface area contributed by atoms with Crippen molar-refractivity contribution in [1.82, 2.24) is 9.88 Å². The third kappa shape index (κ3) is 2.96. The lowest BCUT2D eigenvalue weighted by atomic mass is 9.88. The Morgan fingerprint density at radius 3 is 2.95 bits per heavy atom. The molecule has 0 spiro atoms. The zero-order chi connectivity index (χ0) is 13.9. The summed E-state index contributed by atoms with van der Waals surface area (Å²) in [6.07, 6.45) is 7.96. The van der Waals surface area contributed by atoms with Gasteiger partial charge in [-0.2, -0.15) is 0 Å². The van der Waals surface area contributed by atoms with Crippen LogP contribution < -0.4 is 0 Å². The van der Waals surface area contributed by atoms with Crippen molar-refractivity contribution in [3.05, 3.63) is 16.1 Å². The summed E-state index contributed by atoms with van der Waals surface area (Å²) in [6, 6.07) is 0.520. The van der Waals surface area contributed by atoms with Crippen LogP contribution >= 0.6 is 11.3 Å². The van der Waals surface area contributed by atoms with E-state index in [0.29, 0.717) is 17.7 Å². The molecule has 2 unspecified atom stereocenters. The summed E-state index contributed by atoms with van der Waals surface area (Å²) < 4.78 is 0. The zero-order valence-corrected chi connectivity index (χ0v) is 13.1. The lowest BCUT2D eigenvalue weighted by molar-refractivity contribution is -0.123. The van der Waals surface area contributed by atoms with Gasteiger partial charge in [0.05, 0.1) is 11.2 Å². The van der Waals surface area contributed by atoms with Crippen LogP contribution in [0.1, 0.15) is 49.1 Å². The molecule has 2 aliphatic rings. The number of likely N-dealkylation sites (tertiary alicyclic amines) is 1. The summed E-state index contributed by atoms with van der Waals surface area (Å²) in [7, 11) is 0. The molecule has 0 N–H and O–H groups in total. The van der Waals surface area contributed by atoms with E-state index in [2.05, 4.69) is 16.8 Å². The molecule has 1 aromatic rings. The molecule has 0 amide bonds. The van der Waals surface area contributed by atoms with Gasteiger partial charge in [0.15, 0.2) is 0 Å². The van der Waals surface area contributed by atoms with Crippen LogP contribution in [-0.4, -0.2) is 34.8 Å². The monoisotopic (exact) mass is 292 g/mol. The lowest BCUT2D eigenvalue weighted by Crippen LogP contribution is -2.46. The molecule has 110 valence electrons. The van der Waals surface area contributed by atoms with E-state index in [1.165, 1.54) is 36.4 Å². The number of Topliss-reactive ketones (excluding diaryl/α,β-unsaturated/α-hetero) is 1. The maximum Gasteiger partial charge on any atom is 0.137 e. The number of carbonyl (C=O) groups is 1. The Labute approximate surface area is 125 Å². The second-order valence-electron chi connectivity index (χ2n) is 6.18. The zero-order valence-electron chi connectivity index (χ0n) is 12.3. The van der Waals surface area contributed by atoms with Crippen molar-refractivity contribution in [3.8, 4) is 0 Å². The number of aromatic nitrogens is 1. The molecular weight excluding hydrogens is 268 g/mol. The van der Waals surface area contributed by atoms with Crippen LogP contribution in [0.2, 0.25) is 0 Å². The molecule has 0 bridgehead atoms. The fourth-order valence-electron chi connectivity index (χ4n) is 3.81. The number of thiazole rings is 1. The van der Waals surface area contributed by atoms with E-state index in [1.807, 2.05) is 5.51 Å². The highest BCUT2D eigenvalue weighted by Gasteiger charge is 2.36. The second-order valence-corrected chi connectivity index (χ2v) is 7.11. The summed E-state index contributed by atoms with van der Waals surface area (Å²) >= 11 is 1.77. The molecule has 3 rings (SSSR count). The fraction of sp³-hybridized carbons (Fsp3) is 0.750. The molecule has 2 heterocycles. The molecule has 1 aliphatic carbocycles. The maximum absolute atomic E-state index is 12.1. The predicted molar refractivity (Wildman–Crippen MR) is 82.1 cm³/mol. The van der Waals surface area contributed by atoms with Gasteiger partial charge in [0, 0.05) is 29.8 Å². The van der Waals surface area contributed by atoms with Gasteiger partial charge in [0.25, 0.3) is 0 Å². The van der Waals surface area contributed by atoms with Crippen LogP contribution in [0.3, 0.4) is 0 Å². The highest BCUT2D eigenvalue weighted by atomic mass is 32.1. The summed E-state index contributed by atoms with van der Waals surface area (Å²) in [5.41, 5.74) is 3.12. The Morgan fingerprint density at radius 2 is 2.25 bits per heavy atom. The van der Waals surface area contributed by atoms with E-state index >= 15 is 0 Å². The summed E-state index contributed by atoms with van der Waals surface area (Å²) in [6.45, 7) is 4.36. The van der Waals surface area contributed by atoms with Gasteiger partial charge in [0.1, 0.15) is 5.78 Å². The minimum Gasteiger partial charge on any atom is -0.299 e. The number of carbonyl (C=O) groups excluding carboxylic acids is 1. The Balaban J connectivity index is 1.63. The molecule has 2 fully saturated rings. The first kappa shape index (κ1) is 14.2. The van der Waals surface area contributed by atoms with Crippen molar-refractivity contribution in [1.29, 1.82) is 0 Å². The normalized spacial score (nSPS) is 28.1. The first-order chi connectivity index (χ1) is 9.75. The molecule has 0 aromatic carbocycles. The first-order valence-electron chi connectivity index (χ1n) is 7.91. The van der Waals surface area contributed by atoms with Gasteiger partial charge in [-0.25, -0.2) is 4.98 Å². The van der Waals surface area contributed by atoms with E-state index in [0.717, 1.165) is 32.2 Å². The average molecular weight is 292 g/mol. The molecule has 1 aliphatic heterocycles. The van der Waals surface area contributed by atoms with E-state index in [-0.39, 0.29) is 0 Å². The van der Waals surface area contributed by atoms with Gasteiger partial charge < -0.3 is 0 Å². The SMILES string of the molecule is Cc1ncsc1CCN1CCCCC1C1CCCC1=O. The van der Waals surface area contributed by atoms with Gasteiger partial charge in [-0.3, -0.25) is 9.69 Å². The summed E-state index contributed by atoms with van der Waals surface area (Å²) in [5, 5.41) is 0. The standard InChI is InChI=1S/C16H24N2OS/c1-12-16(20-11-17-12)8-10-18-9-3-2-6-14(18)13-5-4-7-15(13)19/h11,13-14H,2-10H2,1H3. The number of piperidine rings is 1. The predicted octanol–water partition coefficient (Wildman–Crippen LogP) is 3.22. The fourth-order valence-corrected chi connectivity index (χ4v) is 4.58. The second kappa shape index (κ2) is 6.35. The molecule has 4 heteroatoms. The van der Waals surface area contributed by atoms with E-state index in [9.17, 15) is 4.79 Å². The maximum atomic E-state index is 12.1.